The maximum Gasteiger partial charge on any atom is 0.341 e. The Hall–Kier alpha value is -2.32. The molecule has 2 aromatic heterocycles. The molecule has 0 spiro atoms. The summed E-state index contributed by atoms with van der Waals surface area (Å²) in [4.78, 5) is 28.8. The van der Waals surface area contributed by atoms with Crippen molar-refractivity contribution in [3.05, 3.63) is 41.3 Å². The molecule has 0 saturated carbocycles. The molecule has 1 N–H and O–H groups in total. The van der Waals surface area contributed by atoms with Crippen LogP contribution in [-0.4, -0.2) is 33.8 Å². The van der Waals surface area contributed by atoms with Gasteiger partial charge in [0.25, 0.3) is 0 Å². The van der Waals surface area contributed by atoms with Gasteiger partial charge in [0.05, 0.1) is 29.0 Å². The zero-order valence-electron chi connectivity index (χ0n) is 14.5. The van der Waals surface area contributed by atoms with E-state index in [0.29, 0.717) is 17.2 Å². The van der Waals surface area contributed by atoms with Crippen LogP contribution in [0.2, 0.25) is 0 Å². The van der Waals surface area contributed by atoms with E-state index in [4.69, 9.17) is 4.74 Å². The second kappa shape index (κ2) is 8.37. The summed E-state index contributed by atoms with van der Waals surface area (Å²) in [5.74, 6) is -0.397. The van der Waals surface area contributed by atoms with Gasteiger partial charge in [-0.15, -0.1) is 11.3 Å². The maximum atomic E-state index is 12.3. The molecule has 3 rings (SSSR count). The van der Waals surface area contributed by atoms with Gasteiger partial charge in [-0.2, -0.15) is 0 Å². The monoisotopic (exact) mass is 389 g/mol. The lowest BCUT2D eigenvalue weighted by atomic mass is 10.3. The van der Waals surface area contributed by atoms with Gasteiger partial charge < -0.3 is 14.6 Å². The Bertz CT molecular complexity index is 933. The highest BCUT2D eigenvalue weighted by Gasteiger charge is 2.17. The van der Waals surface area contributed by atoms with Crippen molar-refractivity contribution in [3.63, 3.8) is 0 Å². The number of thioether (sulfide) groups is 1. The van der Waals surface area contributed by atoms with Gasteiger partial charge in [-0.3, -0.25) is 4.79 Å². The van der Waals surface area contributed by atoms with Crippen molar-refractivity contribution < 1.29 is 14.3 Å². The smallest absolute Gasteiger partial charge is 0.341 e. The van der Waals surface area contributed by atoms with Crippen LogP contribution < -0.4 is 5.32 Å². The number of aromatic nitrogens is 2. The minimum absolute atomic E-state index is 0.183. The molecular formula is C18H19N3O3S2. The Morgan fingerprint density at radius 2 is 2.08 bits per heavy atom. The number of carbonyl (C=O) groups excluding carboxylic acids is 2. The standard InChI is InChI=1S/C18H19N3O3S2/c1-3-21-14-8-6-5-7-13(14)19-18(21)26-11-15(22)20-16-12(9-10-25-16)17(23)24-4-2/h5-10H,3-4,11H2,1-2H3,(H,20,22). The number of rotatable bonds is 7. The summed E-state index contributed by atoms with van der Waals surface area (Å²) >= 11 is 2.68. The first-order valence-electron chi connectivity index (χ1n) is 8.26. The molecule has 3 aromatic rings. The largest absolute Gasteiger partial charge is 0.462 e. The van der Waals surface area contributed by atoms with Crippen LogP contribution in [0.15, 0.2) is 40.9 Å². The molecule has 0 atom stereocenters. The number of hydrogen-bond acceptors (Lipinski definition) is 6. The van der Waals surface area contributed by atoms with Gasteiger partial charge in [0.2, 0.25) is 5.91 Å². The molecule has 1 aromatic carbocycles. The van der Waals surface area contributed by atoms with Crippen molar-refractivity contribution in [1.29, 1.82) is 0 Å². The minimum Gasteiger partial charge on any atom is -0.462 e. The van der Waals surface area contributed by atoms with Crippen LogP contribution in [-0.2, 0) is 16.1 Å². The molecule has 8 heteroatoms. The Labute approximate surface area is 159 Å². The Morgan fingerprint density at radius 3 is 2.85 bits per heavy atom. The lowest BCUT2D eigenvalue weighted by Crippen LogP contribution is -2.16. The first-order chi connectivity index (χ1) is 12.6. The third-order valence-corrected chi connectivity index (χ3v) is 5.49. The molecule has 0 fully saturated rings. The van der Waals surface area contributed by atoms with Crippen molar-refractivity contribution in [2.24, 2.45) is 0 Å². The normalized spacial score (nSPS) is 10.8. The van der Waals surface area contributed by atoms with Crippen LogP contribution >= 0.6 is 23.1 Å². The Balaban J connectivity index is 1.67. The van der Waals surface area contributed by atoms with E-state index in [-0.39, 0.29) is 11.7 Å². The molecule has 0 unspecified atom stereocenters. The lowest BCUT2D eigenvalue weighted by Gasteiger charge is -2.07. The van der Waals surface area contributed by atoms with Gasteiger partial charge >= 0.3 is 5.97 Å². The number of fused-ring (bicyclic) bond motifs is 1. The molecule has 6 nitrogen and oxygen atoms in total. The highest BCUT2D eigenvalue weighted by Crippen LogP contribution is 2.26. The molecule has 0 aliphatic rings. The quantitative estimate of drug-likeness (QED) is 0.488. The Morgan fingerprint density at radius 1 is 1.27 bits per heavy atom. The number of thiophene rings is 1. The van der Waals surface area contributed by atoms with E-state index in [0.717, 1.165) is 22.7 Å². The zero-order chi connectivity index (χ0) is 18.5. The van der Waals surface area contributed by atoms with Crippen molar-refractivity contribution in [2.45, 2.75) is 25.5 Å². The molecule has 136 valence electrons. The fourth-order valence-corrected chi connectivity index (χ4v) is 4.21. The first-order valence-corrected chi connectivity index (χ1v) is 10.1. The minimum atomic E-state index is -0.426. The number of nitrogens with one attached hydrogen (secondary N) is 1. The number of aryl methyl sites for hydroxylation is 1. The topological polar surface area (TPSA) is 73.2 Å². The summed E-state index contributed by atoms with van der Waals surface area (Å²) in [7, 11) is 0. The Kier molecular flexibility index (Phi) is 5.95. The van der Waals surface area contributed by atoms with Crippen LogP contribution in [0.1, 0.15) is 24.2 Å². The number of esters is 1. The third kappa shape index (κ3) is 3.91. The fraction of sp³-hybridized carbons (Fsp3) is 0.278. The number of imidazole rings is 1. The predicted octanol–water partition coefficient (Wildman–Crippen LogP) is 4.03. The number of nitrogens with zero attached hydrogens (tertiary/aromatic N) is 2. The average molecular weight is 390 g/mol. The third-order valence-electron chi connectivity index (χ3n) is 3.68. The summed E-state index contributed by atoms with van der Waals surface area (Å²) < 4.78 is 7.09. The number of anilines is 1. The number of amides is 1. The molecule has 0 saturated heterocycles. The van der Waals surface area contributed by atoms with Crippen LogP contribution in [0, 0.1) is 0 Å². The lowest BCUT2D eigenvalue weighted by molar-refractivity contribution is -0.113. The number of benzene rings is 1. The molecule has 1 amide bonds. The van der Waals surface area contributed by atoms with Gasteiger partial charge in [-0.25, -0.2) is 9.78 Å². The van der Waals surface area contributed by atoms with Gasteiger partial charge in [-0.1, -0.05) is 23.9 Å². The predicted molar refractivity (Wildman–Crippen MR) is 105 cm³/mol. The second-order valence-electron chi connectivity index (χ2n) is 5.35. The van der Waals surface area contributed by atoms with Crippen molar-refractivity contribution >= 4 is 51.0 Å². The molecule has 0 radical (unpaired) electrons. The van der Waals surface area contributed by atoms with Gasteiger partial charge in [-0.05, 0) is 37.4 Å². The second-order valence-corrected chi connectivity index (χ2v) is 7.21. The number of hydrogen-bond donors (Lipinski definition) is 1. The maximum absolute atomic E-state index is 12.3. The SMILES string of the molecule is CCOC(=O)c1ccsc1NC(=O)CSc1nc2ccccc2n1CC. The van der Waals surface area contributed by atoms with Crippen molar-refractivity contribution in [1.82, 2.24) is 9.55 Å². The molecule has 26 heavy (non-hydrogen) atoms. The van der Waals surface area contributed by atoms with Crippen LogP contribution in [0.3, 0.4) is 0 Å². The highest BCUT2D eigenvalue weighted by molar-refractivity contribution is 7.99. The highest BCUT2D eigenvalue weighted by atomic mass is 32.2. The fourth-order valence-electron chi connectivity index (χ4n) is 2.54. The molecule has 0 bridgehead atoms. The van der Waals surface area contributed by atoms with Gasteiger partial charge in [0, 0.05) is 6.54 Å². The van der Waals surface area contributed by atoms with Gasteiger partial charge in [0.1, 0.15) is 5.00 Å². The first kappa shape index (κ1) is 18.5. The van der Waals surface area contributed by atoms with Crippen LogP contribution in [0.4, 0.5) is 5.00 Å². The molecule has 2 heterocycles. The number of carbonyl (C=O) groups is 2. The van der Waals surface area contributed by atoms with Crippen LogP contribution in [0.5, 0.6) is 0 Å². The summed E-state index contributed by atoms with van der Waals surface area (Å²) in [6, 6.07) is 9.56. The summed E-state index contributed by atoms with van der Waals surface area (Å²) in [5.41, 5.74) is 2.36. The molecule has 0 aliphatic carbocycles. The van der Waals surface area contributed by atoms with E-state index in [9.17, 15) is 9.59 Å². The van der Waals surface area contributed by atoms with E-state index in [1.807, 2.05) is 24.3 Å². The summed E-state index contributed by atoms with van der Waals surface area (Å²) in [5, 5.41) is 5.87. The van der Waals surface area contributed by atoms with Gasteiger partial charge in [0.15, 0.2) is 5.16 Å². The van der Waals surface area contributed by atoms with E-state index in [2.05, 4.69) is 21.8 Å². The zero-order valence-corrected chi connectivity index (χ0v) is 16.2. The van der Waals surface area contributed by atoms with Crippen molar-refractivity contribution in [2.75, 3.05) is 17.7 Å². The van der Waals surface area contributed by atoms with Crippen molar-refractivity contribution in [3.8, 4) is 0 Å². The molecule has 0 aliphatic heterocycles. The summed E-state index contributed by atoms with van der Waals surface area (Å²) in [6.07, 6.45) is 0. The van der Waals surface area contributed by atoms with E-state index in [1.54, 1.807) is 18.4 Å². The van der Waals surface area contributed by atoms with E-state index < -0.39 is 5.97 Å². The average Bonchev–Trinajstić information content (AvgIpc) is 3.23. The summed E-state index contributed by atoms with van der Waals surface area (Å²) in [6.45, 7) is 4.88. The van der Waals surface area contributed by atoms with Crippen LogP contribution in [0.25, 0.3) is 11.0 Å². The van der Waals surface area contributed by atoms with E-state index in [1.165, 1.54) is 23.1 Å². The molecular weight excluding hydrogens is 370 g/mol. The number of para-hydroxylation sites is 2. The van der Waals surface area contributed by atoms with E-state index >= 15 is 0 Å². The number of ether oxygens (including phenoxy) is 1.